The van der Waals surface area contributed by atoms with Crippen LogP contribution in [0.5, 0.6) is 0 Å². The van der Waals surface area contributed by atoms with Crippen molar-refractivity contribution < 1.29 is 5.11 Å². The molecule has 0 spiro atoms. The number of anilines is 1. The van der Waals surface area contributed by atoms with Crippen LogP contribution in [0, 0.1) is 24.2 Å². The number of rotatable bonds is 6. The number of nitrogens with zero attached hydrogens (tertiary/aromatic N) is 3. The van der Waals surface area contributed by atoms with Gasteiger partial charge in [0.25, 0.3) is 0 Å². The quantitative estimate of drug-likeness (QED) is 0.728. The minimum Gasteiger partial charge on any atom is -0.396 e. The Bertz CT molecular complexity index is 400. The van der Waals surface area contributed by atoms with Crippen LogP contribution in [0.25, 0.3) is 0 Å². The number of hydrogen-bond acceptors (Lipinski definition) is 5. The van der Waals surface area contributed by atoms with Gasteiger partial charge in [0.05, 0.1) is 0 Å². The van der Waals surface area contributed by atoms with E-state index in [0.29, 0.717) is 17.6 Å². The highest BCUT2D eigenvalue weighted by atomic mass is 16.3. The second-order valence-electron chi connectivity index (χ2n) is 4.19. The average molecular weight is 234 g/mol. The number of aliphatic hydroxyl groups excluding tert-OH is 1. The summed E-state index contributed by atoms with van der Waals surface area (Å²) in [5, 5.41) is 20.7. The molecule has 2 N–H and O–H groups in total. The van der Waals surface area contributed by atoms with Crippen molar-refractivity contribution in [2.45, 2.75) is 26.7 Å². The first kappa shape index (κ1) is 13.4. The Morgan fingerprint density at radius 2 is 2.29 bits per heavy atom. The maximum absolute atomic E-state index is 8.87. The van der Waals surface area contributed by atoms with Gasteiger partial charge in [-0.2, -0.15) is 5.26 Å². The van der Waals surface area contributed by atoms with E-state index >= 15 is 0 Å². The third-order valence-electron chi connectivity index (χ3n) is 2.44. The highest BCUT2D eigenvalue weighted by Gasteiger charge is 2.02. The fraction of sp³-hybridized carbons (Fsp3) is 0.583. The molecule has 1 unspecified atom stereocenters. The Kier molecular flexibility index (Phi) is 5.37. The molecule has 0 radical (unpaired) electrons. The molecule has 1 heterocycles. The first-order valence-corrected chi connectivity index (χ1v) is 5.76. The molecule has 0 aliphatic heterocycles. The van der Waals surface area contributed by atoms with Crippen LogP contribution in [-0.2, 0) is 0 Å². The van der Waals surface area contributed by atoms with Crippen LogP contribution < -0.4 is 5.32 Å². The monoisotopic (exact) mass is 234 g/mol. The summed E-state index contributed by atoms with van der Waals surface area (Å²) in [7, 11) is 0. The van der Waals surface area contributed by atoms with Crippen molar-refractivity contribution in [2.24, 2.45) is 5.92 Å². The van der Waals surface area contributed by atoms with Gasteiger partial charge < -0.3 is 10.4 Å². The van der Waals surface area contributed by atoms with Crippen molar-refractivity contribution in [1.29, 1.82) is 5.26 Å². The van der Waals surface area contributed by atoms with E-state index in [2.05, 4.69) is 15.3 Å². The minimum atomic E-state index is 0.222. The van der Waals surface area contributed by atoms with E-state index in [9.17, 15) is 0 Å². The van der Waals surface area contributed by atoms with Crippen molar-refractivity contribution in [3.05, 3.63) is 17.5 Å². The minimum absolute atomic E-state index is 0.222. The number of aromatic nitrogens is 2. The average Bonchev–Trinajstić information content (AvgIpc) is 2.33. The van der Waals surface area contributed by atoms with E-state index in [4.69, 9.17) is 10.4 Å². The van der Waals surface area contributed by atoms with E-state index in [-0.39, 0.29) is 6.61 Å². The van der Waals surface area contributed by atoms with Gasteiger partial charge >= 0.3 is 0 Å². The van der Waals surface area contributed by atoms with Crippen LogP contribution in [-0.4, -0.2) is 28.2 Å². The fourth-order valence-corrected chi connectivity index (χ4v) is 1.45. The highest BCUT2D eigenvalue weighted by molar-refractivity contribution is 5.32. The molecular formula is C12H18N4O. The topological polar surface area (TPSA) is 81.8 Å². The SMILES string of the molecule is Cc1cc(C#N)nc(NCCCC(C)CO)n1. The molecule has 0 aromatic carbocycles. The van der Waals surface area contributed by atoms with Gasteiger partial charge in [-0.15, -0.1) is 0 Å². The molecule has 0 amide bonds. The molecular weight excluding hydrogens is 216 g/mol. The smallest absolute Gasteiger partial charge is 0.224 e. The van der Waals surface area contributed by atoms with E-state index < -0.39 is 0 Å². The van der Waals surface area contributed by atoms with Crippen LogP contribution in [0.4, 0.5) is 5.95 Å². The lowest BCUT2D eigenvalue weighted by atomic mass is 10.1. The van der Waals surface area contributed by atoms with Gasteiger partial charge in [0.1, 0.15) is 11.8 Å². The molecule has 5 heteroatoms. The molecule has 0 saturated carbocycles. The summed E-state index contributed by atoms with van der Waals surface area (Å²) >= 11 is 0. The zero-order chi connectivity index (χ0) is 12.7. The number of aryl methyl sites for hydroxylation is 1. The summed E-state index contributed by atoms with van der Waals surface area (Å²) in [4.78, 5) is 8.25. The van der Waals surface area contributed by atoms with Crippen LogP contribution in [0.1, 0.15) is 31.2 Å². The van der Waals surface area contributed by atoms with E-state index in [1.165, 1.54) is 0 Å². The summed E-state index contributed by atoms with van der Waals surface area (Å²) in [6.07, 6.45) is 1.90. The third-order valence-corrected chi connectivity index (χ3v) is 2.44. The summed E-state index contributed by atoms with van der Waals surface area (Å²) in [6, 6.07) is 3.65. The molecule has 92 valence electrons. The summed E-state index contributed by atoms with van der Waals surface area (Å²) in [6.45, 7) is 4.82. The van der Waals surface area contributed by atoms with Gasteiger partial charge in [0, 0.05) is 18.8 Å². The molecule has 1 atom stereocenters. The molecule has 5 nitrogen and oxygen atoms in total. The van der Waals surface area contributed by atoms with Crippen molar-refractivity contribution >= 4 is 5.95 Å². The molecule has 17 heavy (non-hydrogen) atoms. The molecule has 1 aromatic rings. The van der Waals surface area contributed by atoms with Gasteiger partial charge in [-0.05, 0) is 31.7 Å². The first-order valence-electron chi connectivity index (χ1n) is 5.76. The number of hydrogen-bond donors (Lipinski definition) is 2. The molecule has 0 bridgehead atoms. The fourth-order valence-electron chi connectivity index (χ4n) is 1.45. The predicted molar refractivity (Wildman–Crippen MR) is 65.5 cm³/mol. The van der Waals surface area contributed by atoms with Crippen molar-refractivity contribution in [3.63, 3.8) is 0 Å². The van der Waals surface area contributed by atoms with E-state index in [1.54, 1.807) is 6.07 Å². The van der Waals surface area contributed by atoms with Gasteiger partial charge in [0.15, 0.2) is 0 Å². The summed E-state index contributed by atoms with van der Waals surface area (Å²) in [5.74, 6) is 0.822. The second-order valence-corrected chi connectivity index (χ2v) is 4.19. The maximum Gasteiger partial charge on any atom is 0.224 e. The standard InChI is InChI=1S/C12H18N4O/c1-9(8-17)4-3-5-14-12-15-10(2)6-11(7-13)16-12/h6,9,17H,3-5,8H2,1-2H3,(H,14,15,16). The summed E-state index contributed by atoms with van der Waals surface area (Å²) < 4.78 is 0. The van der Waals surface area contributed by atoms with Gasteiger partial charge in [-0.3, -0.25) is 0 Å². The van der Waals surface area contributed by atoms with E-state index in [0.717, 1.165) is 25.1 Å². The number of nitriles is 1. The predicted octanol–water partition coefficient (Wildman–Crippen LogP) is 1.48. The molecule has 0 fully saturated rings. The Labute approximate surface area is 102 Å². The lowest BCUT2D eigenvalue weighted by Gasteiger charge is -2.08. The lowest BCUT2D eigenvalue weighted by Crippen LogP contribution is -2.09. The Morgan fingerprint density at radius 3 is 2.94 bits per heavy atom. The second kappa shape index (κ2) is 6.81. The number of aliphatic hydroxyl groups is 1. The zero-order valence-electron chi connectivity index (χ0n) is 10.3. The van der Waals surface area contributed by atoms with Crippen molar-refractivity contribution in [3.8, 4) is 6.07 Å². The highest BCUT2D eigenvalue weighted by Crippen LogP contribution is 2.06. The lowest BCUT2D eigenvalue weighted by molar-refractivity contribution is 0.229. The normalized spacial score (nSPS) is 11.9. The summed E-state index contributed by atoms with van der Waals surface area (Å²) in [5.41, 5.74) is 1.16. The molecule has 1 aromatic heterocycles. The molecule has 0 saturated heterocycles. The van der Waals surface area contributed by atoms with Crippen LogP contribution in [0.3, 0.4) is 0 Å². The largest absolute Gasteiger partial charge is 0.396 e. The molecule has 0 aliphatic carbocycles. The zero-order valence-corrected chi connectivity index (χ0v) is 10.3. The first-order chi connectivity index (χ1) is 8.15. The van der Waals surface area contributed by atoms with Gasteiger partial charge in [0.2, 0.25) is 5.95 Å². The Morgan fingerprint density at radius 1 is 1.53 bits per heavy atom. The molecule has 0 aliphatic rings. The van der Waals surface area contributed by atoms with Gasteiger partial charge in [-0.25, -0.2) is 9.97 Å². The Balaban J connectivity index is 2.42. The van der Waals surface area contributed by atoms with Crippen LogP contribution in [0.2, 0.25) is 0 Å². The Hall–Kier alpha value is -1.67. The van der Waals surface area contributed by atoms with E-state index in [1.807, 2.05) is 19.9 Å². The van der Waals surface area contributed by atoms with Crippen molar-refractivity contribution in [1.82, 2.24) is 9.97 Å². The maximum atomic E-state index is 8.87. The molecule has 1 rings (SSSR count). The van der Waals surface area contributed by atoms with Crippen molar-refractivity contribution in [2.75, 3.05) is 18.5 Å². The third kappa shape index (κ3) is 4.79. The number of nitrogens with one attached hydrogen (secondary N) is 1. The van der Waals surface area contributed by atoms with Crippen LogP contribution in [0.15, 0.2) is 6.07 Å². The van der Waals surface area contributed by atoms with Gasteiger partial charge in [-0.1, -0.05) is 6.92 Å². The van der Waals surface area contributed by atoms with Crippen LogP contribution >= 0.6 is 0 Å².